The summed E-state index contributed by atoms with van der Waals surface area (Å²) < 4.78 is 45.2. The summed E-state index contributed by atoms with van der Waals surface area (Å²) in [5.74, 6) is -0.849. The molecule has 1 fully saturated rings. The maximum absolute atomic E-state index is 13.6. The molecule has 0 saturated carbocycles. The minimum Gasteiger partial charge on any atom is -0.379 e. The van der Waals surface area contributed by atoms with E-state index in [4.69, 9.17) is 4.74 Å². The third-order valence-corrected chi connectivity index (χ3v) is 6.07. The highest BCUT2D eigenvalue weighted by molar-refractivity contribution is 7.89. The smallest absolute Gasteiger partial charge is 0.255 e. The Kier molecular flexibility index (Phi) is 5.36. The number of nitrogens with one attached hydrogen (secondary N) is 1. The molecule has 0 radical (unpaired) electrons. The van der Waals surface area contributed by atoms with Crippen LogP contribution in [0.5, 0.6) is 0 Å². The fraction of sp³-hybridized carbons (Fsp3) is 0.278. The largest absolute Gasteiger partial charge is 0.379 e. The Morgan fingerprint density at radius 3 is 2.38 bits per heavy atom. The van der Waals surface area contributed by atoms with E-state index in [9.17, 15) is 17.6 Å². The average molecular weight is 378 g/mol. The molecule has 0 atom stereocenters. The number of anilines is 1. The van der Waals surface area contributed by atoms with Crippen LogP contribution in [0.25, 0.3) is 0 Å². The van der Waals surface area contributed by atoms with Crippen LogP contribution >= 0.6 is 0 Å². The van der Waals surface area contributed by atoms with Gasteiger partial charge >= 0.3 is 0 Å². The summed E-state index contributed by atoms with van der Waals surface area (Å²) in [6.45, 7) is 2.99. The zero-order valence-electron chi connectivity index (χ0n) is 14.2. The molecule has 2 aromatic carbocycles. The summed E-state index contributed by atoms with van der Waals surface area (Å²) in [4.78, 5) is 12.4. The van der Waals surface area contributed by atoms with Gasteiger partial charge in [0.1, 0.15) is 5.82 Å². The number of benzene rings is 2. The van der Waals surface area contributed by atoms with Crippen molar-refractivity contribution < 1.29 is 22.3 Å². The van der Waals surface area contributed by atoms with Gasteiger partial charge in [0.05, 0.1) is 18.1 Å². The van der Waals surface area contributed by atoms with Gasteiger partial charge in [-0.1, -0.05) is 6.07 Å². The number of carbonyl (C=O) groups is 1. The molecule has 2 aromatic rings. The summed E-state index contributed by atoms with van der Waals surface area (Å²) in [7, 11) is -3.60. The number of hydrogen-bond donors (Lipinski definition) is 1. The van der Waals surface area contributed by atoms with Crippen LogP contribution in [0.4, 0.5) is 10.1 Å². The van der Waals surface area contributed by atoms with E-state index < -0.39 is 21.7 Å². The van der Waals surface area contributed by atoms with E-state index in [1.165, 1.54) is 34.6 Å². The lowest BCUT2D eigenvalue weighted by Gasteiger charge is -2.26. The first-order valence-corrected chi connectivity index (χ1v) is 9.57. The third-order valence-electron chi connectivity index (χ3n) is 4.15. The van der Waals surface area contributed by atoms with Crippen LogP contribution in [0.1, 0.15) is 15.9 Å². The molecule has 0 unspecified atom stereocenters. The number of nitrogens with zero attached hydrogens (tertiary/aromatic N) is 1. The Labute approximate surface area is 151 Å². The lowest BCUT2D eigenvalue weighted by molar-refractivity contribution is 0.0730. The van der Waals surface area contributed by atoms with Gasteiger partial charge in [-0.05, 0) is 48.9 Å². The van der Waals surface area contributed by atoms with E-state index in [1.54, 1.807) is 19.1 Å². The van der Waals surface area contributed by atoms with Crippen molar-refractivity contribution in [2.45, 2.75) is 11.8 Å². The van der Waals surface area contributed by atoms with Crippen LogP contribution in [0.3, 0.4) is 0 Å². The maximum atomic E-state index is 13.6. The predicted molar refractivity (Wildman–Crippen MR) is 95.1 cm³/mol. The van der Waals surface area contributed by atoms with Gasteiger partial charge in [0.15, 0.2) is 0 Å². The number of hydrogen-bond acceptors (Lipinski definition) is 4. The molecule has 1 amide bonds. The summed E-state index contributed by atoms with van der Waals surface area (Å²) in [6.07, 6.45) is 0. The minimum absolute atomic E-state index is 0.123. The number of halogens is 1. The number of carbonyl (C=O) groups excluding carboxylic acids is 1. The molecule has 1 N–H and O–H groups in total. The molecule has 1 saturated heterocycles. The minimum atomic E-state index is -3.60. The highest BCUT2D eigenvalue weighted by Gasteiger charge is 2.26. The molecule has 0 spiro atoms. The number of rotatable bonds is 4. The second-order valence-electron chi connectivity index (χ2n) is 5.96. The summed E-state index contributed by atoms with van der Waals surface area (Å²) >= 11 is 0. The predicted octanol–water partition coefficient (Wildman–Crippen LogP) is 2.41. The molecule has 3 rings (SSSR count). The molecule has 1 heterocycles. The van der Waals surface area contributed by atoms with Gasteiger partial charge in [0, 0.05) is 24.3 Å². The number of morpholine rings is 1. The van der Waals surface area contributed by atoms with Gasteiger partial charge in [0.25, 0.3) is 5.91 Å². The van der Waals surface area contributed by atoms with Gasteiger partial charge in [0.2, 0.25) is 10.0 Å². The lowest BCUT2D eigenvalue weighted by Crippen LogP contribution is -2.40. The van der Waals surface area contributed by atoms with Crippen LogP contribution in [0.2, 0.25) is 0 Å². The summed E-state index contributed by atoms with van der Waals surface area (Å²) in [6, 6.07) is 10.1. The third kappa shape index (κ3) is 3.92. The maximum Gasteiger partial charge on any atom is 0.255 e. The van der Waals surface area contributed by atoms with Crippen LogP contribution in [0.15, 0.2) is 47.4 Å². The highest BCUT2D eigenvalue weighted by atomic mass is 32.2. The second-order valence-corrected chi connectivity index (χ2v) is 7.90. The standard InChI is InChI=1S/C18H19FN2O4S/c1-13-2-5-15(12-17(13)19)20-18(22)14-3-6-16(7-4-14)26(23,24)21-8-10-25-11-9-21/h2-7,12H,8-11H2,1H3,(H,20,22). The fourth-order valence-corrected chi connectivity index (χ4v) is 4.00. The molecule has 0 bridgehead atoms. The monoisotopic (exact) mass is 378 g/mol. The summed E-state index contributed by atoms with van der Waals surface area (Å²) in [5, 5.41) is 2.59. The van der Waals surface area contributed by atoms with Gasteiger partial charge < -0.3 is 10.1 Å². The molecule has 8 heteroatoms. The Bertz CT molecular complexity index is 907. The van der Waals surface area contributed by atoms with Gasteiger partial charge in [-0.2, -0.15) is 4.31 Å². The van der Waals surface area contributed by atoms with E-state index in [0.717, 1.165) is 0 Å². The van der Waals surface area contributed by atoms with E-state index >= 15 is 0 Å². The number of sulfonamides is 1. The van der Waals surface area contributed by atoms with E-state index in [1.807, 2.05) is 0 Å². The molecule has 26 heavy (non-hydrogen) atoms. The van der Waals surface area contributed by atoms with Crippen LogP contribution in [-0.2, 0) is 14.8 Å². The molecule has 0 aliphatic carbocycles. The van der Waals surface area contributed by atoms with Crippen molar-refractivity contribution in [1.82, 2.24) is 4.31 Å². The van der Waals surface area contributed by atoms with Gasteiger partial charge in [-0.25, -0.2) is 12.8 Å². The van der Waals surface area contributed by atoms with Crippen molar-refractivity contribution in [1.29, 1.82) is 0 Å². The Morgan fingerprint density at radius 1 is 1.12 bits per heavy atom. The fourth-order valence-electron chi connectivity index (χ4n) is 2.59. The SMILES string of the molecule is Cc1ccc(NC(=O)c2ccc(S(=O)(=O)N3CCOCC3)cc2)cc1F. The lowest BCUT2D eigenvalue weighted by atomic mass is 10.2. The molecule has 1 aliphatic rings. The van der Waals surface area contributed by atoms with Gasteiger partial charge in [-0.15, -0.1) is 0 Å². The number of ether oxygens (including phenoxy) is 1. The van der Waals surface area contributed by atoms with E-state index in [0.29, 0.717) is 37.6 Å². The number of aryl methyl sites for hydroxylation is 1. The van der Waals surface area contributed by atoms with Crippen molar-refractivity contribution in [3.05, 3.63) is 59.4 Å². The zero-order chi connectivity index (χ0) is 18.7. The molecule has 138 valence electrons. The zero-order valence-corrected chi connectivity index (χ0v) is 15.1. The second kappa shape index (κ2) is 7.53. The van der Waals surface area contributed by atoms with E-state index in [2.05, 4.69) is 5.32 Å². The van der Waals surface area contributed by atoms with Crippen LogP contribution in [0, 0.1) is 12.7 Å². The van der Waals surface area contributed by atoms with Crippen molar-refractivity contribution in [3.63, 3.8) is 0 Å². The summed E-state index contributed by atoms with van der Waals surface area (Å²) in [5.41, 5.74) is 1.11. The first-order chi connectivity index (χ1) is 12.4. The molecular weight excluding hydrogens is 359 g/mol. The van der Waals surface area contributed by atoms with Crippen molar-refractivity contribution >= 4 is 21.6 Å². The first-order valence-electron chi connectivity index (χ1n) is 8.13. The average Bonchev–Trinajstić information content (AvgIpc) is 2.65. The Morgan fingerprint density at radius 2 is 1.77 bits per heavy atom. The topological polar surface area (TPSA) is 75.7 Å². The quantitative estimate of drug-likeness (QED) is 0.887. The highest BCUT2D eigenvalue weighted by Crippen LogP contribution is 2.19. The molecular formula is C18H19FN2O4S. The van der Waals surface area contributed by atoms with Gasteiger partial charge in [-0.3, -0.25) is 4.79 Å². The van der Waals surface area contributed by atoms with Crippen LogP contribution in [-0.4, -0.2) is 44.9 Å². The molecule has 0 aromatic heterocycles. The normalized spacial score (nSPS) is 15.6. The van der Waals surface area contributed by atoms with E-state index in [-0.39, 0.29) is 10.5 Å². The van der Waals surface area contributed by atoms with Crippen molar-refractivity contribution in [3.8, 4) is 0 Å². The van der Waals surface area contributed by atoms with Crippen LogP contribution < -0.4 is 5.32 Å². The number of amides is 1. The first kappa shape index (κ1) is 18.5. The Hall–Kier alpha value is -2.29. The molecule has 1 aliphatic heterocycles. The molecule has 6 nitrogen and oxygen atoms in total. The van der Waals surface area contributed by atoms with Crippen molar-refractivity contribution in [2.75, 3.05) is 31.6 Å². The van der Waals surface area contributed by atoms with Crippen molar-refractivity contribution in [2.24, 2.45) is 0 Å². The Balaban J connectivity index is 1.74.